The molecule has 1 aliphatic heterocycles. The summed E-state index contributed by atoms with van der Waals surface area (Å²) in [6.45, 7) is -0.312. The van der Waals surface area contributed by atoms with Crippen molar-refractivity contribution in [2.45, 2.75) is 18.9 Å². The first-order valence-corrected chi connectivity index (χ1v) is 4.85. The molecular formula is C9H14N2O5. The monoisotopic (exact) mass is 230 g/mol. The number of rotatable bonds is 4. The Morgan fingerprint density at radius 3 is 2.50 bits per heavy atom. The maximum absolute atomic E-state index is 10.5. The van der Waals surface area contributed by atoms with Crippen molar-refractivity contribution in [2.75, 3.05) is 13.1 Å². The zero-order valence-corrected chi connectivity index (χ0v) is 8.59. The molecule has 1 saturated heterocycles. The standard InChI is InChI=1S/C9H14N2O5/c10-9-5(2-7(13)14)1-6(12)3-11(9)4-8(15)16/h5-6,10,12H,1-4H2,(H,13,14)(H,15,16). The van der Waals surface area contributed by atoms with E-state index in [0.29, 0.717) is 0 Å². The molecule has 2 atom stereocenters. The van der Waals surface area contributed by atoms with Crippen LogP contribution in [-0.2, 0) is 9.59 Å². The lowest BCUT2D eigenvalue weighted by Gasteiger charge is -2.36. The molecule has 0 spiro atoms. The Kier molecular flexibility index (Phi) is 3.83. The quantitative estimate of drug-likeness (QED) is 0.502. The molecule has 2 unspecified atom stereocenters. The van der Waals surface area contributed by atoms with Crippen LogP contribution in [0.3, 0.4) is 0 Å². The predicted molar refractivity (Wildman–Crippen MR) is 53.3 cm³/mol. The predicted octanol–water partition coefficient (Wildman–Crippen LogP) is -0.794. The summed E-state index contributed by atoms with van der Waals surface area (Å²) in [6.07, 6.45) is -0.842. The summed E-state index contributed by atoms with van der Waals surface area (Å²) < 4.78 is 0. The molecular weight excluding hydrogens is 216 g/mol. The molecule has 7 nitrogen and oxygen atoms in total. The highest BCUT2D eigenvalue weighted by Gasteiger charge is 2.32. The fraction of sp³-hybridized carbons (Fsp3) is 0.667. The van der Waals surface area contributed by atoms with E-state index in [-0.39, 0.29) is 31.8 Å². The smallest absolute Gasteiger partial charge is 0.323 e. The molecule has 0 amide bonds. The van der Waals surface area contributed by atoms with E-state index >= 15 is 0 Å². The zero-order chi connectivity index (χ0) is 12.3. The summed E-state index contributed by atoms with van der Waals surface area (Å²) in [5.41, 5.74) is 0. The Balaban J connectivity index is 2.69. The Morgan fingerprint density at radius 1 is 1.38 bits per heavy atom. The molecule has 1 rings (SSSR count). The van der Waals surface area contributed by atoms with Crippen molar-refractivity contribution in [2.24, 2.45) is 5.92 Å². The summed E-state index contributed by atoms with van der Waals surface area (Å²) in [5.74, 6) is -2.79. The van der Waals surface area contributed by atoms with Gasteiger partial charge in [0, 0.05) is 12.5 Å². The molecule has 1 aliphatic rings. The van der Waals surface area contributed by atoms with Crippen molar-refractivity contribution in [3.8, 4) is 0 Å². The third kappa shape index (κ3) is 3.20. The van der Waals surface area contributed by atoms with Crippen LogP contribution in [0.2, 0.25) is 0 Å². The second kappa shape index (κ2) is 4.93. The summed E-state index contributed by atoms with van der Waals surface area (Å²) >= 11 is 0. The summed E-state index contributed by atoms with van der Waals surface area (Å²) in [5, 5.41) is 34.4. The highest BCUT2D eigenvalue weighted by atomic mass is 16.4. The van der Waals surface area contributed by atoms with E-state index in [1.54, 1.807) is 0 Å². The first kappa shape index (κ1) is 12.4. The number of amidine groups is 1. The Hall–Kier alpha value is -1.63. The van der Waals surface area contributed by atoms with Gasteiger partial charge in [-0.2, -0.15) is 0 Å². The number of nitrogens with one attached hydrogen (secondary N) is 1. The van der Waals surface area contributed by atoms with Crippen molar-refractivity contribution in [3.05, 3.63) is 0 Å². The van der Waals surface area contributed by atoms with Gasteiger partial charge in [-0.25, -0.2) is 0 Å². The average Bonchev–Trinajstić information content (AvgIpc) is 2.11. The minimum Gasteiger partial charge on any atom is -0.481 e. The van der Waals surface area contributed by atoms with Gasteiger partial charge in [-0.05, 0) is 6.42 Å². The van der Waals surface area contributed by atoms with E-state index in [9.17, 15) is 14.7 Å². The maximum Gasteiger partial charge on any atom is 0.323 e. The van der Waals surface area contributed by atoms with E-state index in [1.807, 2.05) is 0 Å². The summed E-state index contributed by atoms with van der Waals surface area (Å²) in [7, 11) is 0. The third-order valence-electron chi connectivity index (χ3n) is 2.46. The Labute approximate surface area is 91.8 Å². The molecule has 0 bridgehead atoms. The maximum atomic E-state index is 10.5. The molecule has 0 radical (unpaired) electrons. The lowest BCUT2D eigenvalue weighted by Crippen LogP contribution is -2.49. The minimum absolute atomic E-state index is 0.0184. The zero-order valence-electron chi connectivity index (χ0n) is 8.59. The number of β-amino-alcohol motifs (C(OH)–C–C–N with tert-alkyl or cyclic N) is 1. The van der Waals surface area contributed by atoms with E-state index in [1.165, 1.54) is 4.90 Å². The van der Waals surface area contributed by atoms with E-state index in [4.69, 9.17) is 15.6 Å². The molecule has 0 saturated carbocycles. The average molecular weight is 230 g/mol. The lowest BCUT2D eigenvalue weighted by atomic mass is 9.91. The second-order valence-corrected chi connectivity index (χ2v) is 3.84. The molecule has 1 heterocycles. The van der Waals surface area contributed by atoms with Crippen LogP contribution in [0.4, 0.5) is 0 Å². The molecule has 16 heavy (non-hydrogen) atoms. The number of nitrogens with zero attached hydrogens (tertiary/aromatic N) is 1. The number of likely N-dealkylation sites (tertiary alicyclic amines) is 1. The van der Waals surface area contributed by atoms with Crippen LogP contribution in [0, 0.1) is 11.3 Å². The minimum atomic E-state index is -1.10. The van der Waals surface area contributed by atoms with Gasteiger partial charge in [0.25, 0.3) is 0 Å². The summed E-state index contributed by atoms with van der Waals surface area (Å²) in [4.78, 5) is 22.2. The molecule has 90 valence electrons. The van der Waals surface area contributed by atoms with Gasteiger partial charge < -0.3 is 20.2 Å². The fourth-order valence-corrected chi connectivity index (χ4v) is 1.83. The summed E-state index contributed by atoms with van der Waals surface area (Å²) in [6, 6.07) is 0. The Bertz CT molecular complexity index is 289. The van der Waals surface area contributed by atoms with Crippen LogP contribution in [0.5, 0.6) is 0 Å². The highest BCUT2D eigenvalue weighted by molar-refractivity contribution is 5.88. The van der Waals surface area contributed by atoms with Gasteiger partial charge in [0.05, 0.1) is 12.5 Å². The highest BCUT2D eigenvalue weighted by Crippen LogP contribution is 2.21. The number of aliphatic carboxylic acids is 2. The van der Waals surface area contributed by atoms with Crippen LogP contribution in [0.15, 0.2) is 0 Å². The molecule has 4 N–H and O–H groups in total. The number of carbonyl (C=O) groups is 2. The van der Waals surface area contributed by atoms with Crippen molar-refractivity contribution in [1.29, 1.82) is 5.41 Å². The first-order valence-electron chi connectivity index (χ1n) is 4.85. The van der Waals surface area contributed by atoms with Gasteiger partial charge in [0.15, 0.2) is 0 Å². The number of carboxylic acids is 2. The van der Waals surface area contributed by atoms with E-state index in [2.05, 4.69) is 0 Å². The van der Waals surface area contributed by atoms with Crippen molar-refractivity contribution in [3.63, 3.8) is 0 Å². The van der Waals surface area contributed by atoms with Gasteiger partial charge in [0.1, 0.15) is 12.4 Å². The molecule has 7 heteroatoms. The van der Waals surface area contributed by atoms with Gasteiger partial charge in [-0.3, -0.25) is 15.0 Å². The number of hydrogen-bond acceptors (Lipinski definition) is 4. The van der Waals surface area contributed by atoms with Crippen LogP contribution in [0.25, 0.3) is 0 Å². The van der Waals surface area contributed by atoms with Gasteiger partial charge in [-0.15, -0.1) is 0 Å². The Morgan fingerprint density at radius 2 is 2.00 bits per heavy atom. The SMILES string of the molecule is N=C1C(CC(=O)O)CC(O)CN1CC(=O)O. The first-order chi connectivity index (χ1) is 7.40. The molecule has 1 fully saturated rings. The van der Waals surface area contributed by atoms with Crippen LogP contribution in [-0.4, -0.2) is 57.2 Å². The molecule has 0 aromatic carbocycles. The third-order valence-corrected chi connectivity index (χ3v) is 2.46. The second-order valence-electron chi connectivity index (χ2n) is 3.84. The molecule has 0 aliphatic carbocycles. The normalized spacial score (nSPS) is 25.6. The lowest BCUT2D eigenvalue weighted by molar-refractivity contribution is -0.137. The van der Waals surface area contributed by atoms with Crippen LogP contribution in [0.1, 0.15) is 12.8 Å². The fourth-order valence-electron chi connectivity index (χ4n) is 1.83. The van der Waals surface area contributed by atoms with Crippen molar-refractivity contribution in [1.82, 2.24) is 4.90 Å². The number of piperidine rings is 1. The van der Waals surface area contributed by atoms with Gasteiger partial charge in [-0.1, -0.05) is 0 Å². The topological polar surface area (TPSA) is 122 Å². The molecule has 0 aromatic heterocycles. The molecule has 0 aromatic rings. The number of hydrogen-bond donors (Lipinski definition) is 4. The van der Waals surface area contributed by atoms with Crippen molar-refractivity contribution >= 4 is 17.8 Å². The number of aliphatic hydroxyl groups is 1. The largest absolute Gasteiger partial charge is 0.481 e. The number of carboxylic acid groups (broad SMARTS) is 2. The van der Waals surface area contributed by atoms with Crippen LogP contribution < -0.4 is 0 Å². The van der Waals surface area contributed by atoms with E-state index in [0.717, 1.165) is 0 Å². The van der Waals surface area contributed by atoms with Gasteiger partial charge in [0.2, 0.25) is 0 Å². The van der Waals surface area contributed by atoms with Crippen LogP contribution >= 0.6 is 0 Å². The number of aliphatic hydroxyl groups excluding tert-OH is 1. The van der Waals surface area contributed by atoms with Gasteiger partial charge >= 0.3 is 11.9 Å². The van der Waals surface area contributed by atoms with Crippen molar-refractivity contribution < 1.29 is 24.9 Å². The van der Waals surface area contributed by atoms with E-state index < -0.39 is 24.0 Å².